The Labute approximate surface area is 210 Å². The molecule has 3 aromatic rings. The highest BCUT2D eigenvalue weighted by Gasteiger charge is 2.21. The molecule has 0 spiro atoms. The van der Waals surface area contributed by atoms with Crippen molar-refractivity contribution in [3.05, 3.63) is 107 Å². The molecule has 0 radical (unpaired) electrons. The third-order valence-corrected chi connectivity index (χ3v) is 5.49. The maximum absolute atomic E-state index is 12.7. The summed E-state index contributed by atoms with van der Waals surface area (Å²) in [5, 5.41) is 17.6. The predicted molar refractivity (Wildman–Crippen MR) is 138 cm³/mol. The average molecular weight is 484 g/mol. The van der Waals surface area contributed by atoms with Crippen molar-refractivity contribution in [2.24, 2.45) is 0 Å². The number of nitrogens with one attached hydrogen (secondary N) is 3. The van der Waals surface area contributed by atoms with E-state index >= 15 is 0 Å². The summed E-state index contributed by atoms with van der Waals surface area (Å²) >= 11 is 0. The highest BCUT2D eigenvalue weighted by Crippen LogP contribution is 2.10. The molecular formula is C29H29N3O4. The van der Waals surface area contributed by atoms with Crippen LogP contribution >= 0.6 is 0 Å². The van der Waals surface area contributed by atoms with E-state index in [4.69, 9.17) is 0 Å². The minimum atomic E-state index is -1.06. The second kappa shape index (κ2) is 13.6. The maximum atomic E-state index is 12.7. The van der Waals surface area contributed by atoms with Gasteiger partial charge in [0.05, 0.1) is 6.54 Å². The number of aliphatic hydroxyl groups is 1. The Morgan fingerprint density at radius 3 is 2.03 bits per heavy atom. The van der Waals surface area contributed by atoms with Crippen LogP contribution in [0.2, 0.25) is 0 Å². The first-order chi connectivity index (χ1) is 17.5. The van der Waals surface area contributed by atoms with Gasteiger partial charge in [0.1, 0.15) is 12.6 Å². The van der Waals surface area contributed by atoms with Gasteiger partial charge in [0, 0.05) is 29.3 Å². The Balaban J connectivity index is 1.52. The summed E-state index contributed by atoms with van der Waals surface area (Å²) < 4.78 is 0. The van der Waals surface area contributed by atoms with E-state index in [1.165, 1.54) is 0 Å². The van der Waals surface area contributed by atoms with E-state index in [-0.39, 0.29) is 25.0 Å². The molecule has 0 fully saturated rings. The zero-order chi connectivity index (χ0) is 25.8. The fraction of sp³-hybridized carbons (Fsp3) is 0.207. The van der Waals surface area contributed by atoms with Gasteiger partial charge in [-0.2, -0.15) is 0 Å². The molecule has 3 rings (SSSR count). The first-order valence-electron chi connectivity index (χ1n) is 11.6. The van der Waals surface area contributed by atoms with Gasteiger partial charge in [0.15, 0.2) is 5.78 Å². The summed E-state index contributed by atoms with van der Waals surface area (Å²) in [5.74, 6) is 4.67. The summed E-state index contributed by atoms with van der Waals surface area (Å²) in [6.45, 7) is 1.10. The fourth-order valence-corrected chi connectivity index (χ4v) is 3.35. The number of hydrogen-bond donors (Lipinski definition) is 4. The van der Waals surface area contributed by atoms with Gasteiger partial charge in [0.2, 0.25) is 5.91 Å². The molecule has 7 heteroatoms. The van der Waals surface area contributed by atoms with Crippen LogP contribution in [0.5, 0.6) is 0 Å². The molecule has 4 N–H and O–H groups in total. The number of rotatable bonds is 10. The quantitative estimate of drug-likeness (QED) is 0.331. The molecule has 0 saturated heterocycles. The molecule has 0 unspecified atom stereocenters. The Bertz CT molecular complexity index is 1220. The van der Waals surface area contributed by atoms with Crippen molar-refractivity contribution in [3.63, 3.8) is 0 Å². The van der Waals surface area contributed by atoms with E-state index in [2.05, 4.69) is 27.8 Å². The number of hydrogen-bond acceptors (Lipinski definition) is 5. The van der Waals surface area contributed by atoms with Crippen molar-refractivity contribution < 1.29 is 19.5 Å². The Morgan fingerprint density at radius 1 is 0.833 bits per heavy atom. The fourth-order valence-electron chi connectivity index (χ4n) is 3.35. The van der Waals surface area contributed by atoms with Crippen LogP contribution in [0.3, 0.4) is 0 Å². The largest absolute Gasteiger partial charge is 0.388 e. The van der Waals surface area contributed by atoms with E-state index in [0.29, 0.717) is 5.56 Å². The third-order valence-electron chi connectivity index (χ3n) is 5.49. The second-order valence-electron chi connectivity index (χ2n) is 8.16. The average Bonchev–Trinajstić information content (AvgIpc) is 2.93. The number of ketones is 1. The summed E-state index contributed by atoms with van der Waals surface area (Å²) in [5.41, 5.74) is 3.00. The van der Waals surface area contributed by atoms with E-state index in [1.54, 1.807) is 24.3 Å². The molecule has 0 aliphatic rings. The Hall–Kier alpha value is -4.25. The van der Waals surface area contributed by atoms with Crippen molar-refractivity contribution in [2.75, 3.05) is 19.7 Å². The Kier molecular flexibility index (Phi) is 9.95. The third kappa shape index (κ3) is 8.20. The van der Waals surface area contributed by atoms with Crippen LogP contribution < -0.4 is 16.0 Å². The van der Waals surface area contributed by atoms with E-state index in [1.807, 2.05) is 67.6 Å². The van der Waals surface area contributed by atoms with Crippen LogP contribution in [0.1, 0.15) is 40.0 Å². The minimum absolute atomic E-state index is 0.0353. The number of Topliss-reactive ketones (excluding diaryl/α,β-unsaturated/α-hetero) is 1. The van der Waals surface area contributed by atoms with Crippen LogP contribution in [-0.2, 0) is 9.59 Å². The lowest BCUT2D eigenvalue weighted by Gasteiger charge is -2.18. The maximum Gasteiger partial charge on any atom is 0.251 e. The van der Waals surface area contributed by atoms with Crippen LogP contribution in [0.15, 0.2) is 84.9 Å². The predicted octanol–water partition coefficient (Wildman–Crippen LogP) is 2.21. The number of carbonyl (C=O) groups excluding carboxylic acids is 3. The van der Waals surface area contributed by atoms with E-state index in [0.717, 1.165) is 16.7 Å². The SMILES string of the molecule is C[C@H](NCC(=O)NC[C@H](NC(=O)c1ccc(C#Cc2ccccc2)cc1)C(=O)CO)c1ccccc1. The molecule has 0 aliphatic heterocycles. The first kappa shape index (κ1) is 26.4. The summed E-state index contributed by atoms with van der Waals surface area (Å²) in [7, 11) is 0. The van der Waals surface area contributed by atoms with Crippen LogP contribution in [0.25, 0.3) is 0 Å². The molecular weight excluding hydrogens is 454 g/mol. The minimum Gasteiger partial charge on any atom is -0.388 e. The zero-order valence-corrected chi connectivity index (χ0v) is 20.0. The van der Waals surface area contributed by atoms with Crippen molar-refractivity contribution >= 4 is 17.6 Å². The number of amides is 2. The zero-order valence-electron chi connectivity index (χ0n) is 20.0. The lowest BCUT2D eigenvalue weighted by Crippen LogP contribution is -2.50. The van der Waals surface area contributed by atoms with E-state index in [9.17, 15) is 19.5 Å². The topological polar surface area (TPSA) is 108 Å². The van der Waals surface area contributed by atoms with Gasteiger partial charge in [-0.3, -0.25) is 14.4 Å². The highest BCUT2D eigenvalue weighted by molar-refractivity contribution is 5.98. The molecule has 2 amide bonds. The van der Waals surface area contributed by atoms with Crippen LogP contribution in [0, 0.1) is 11.8 Å². The van der Waals surface area contributed by atoms with Gasteiger partial charge < -0.3 is 21.1 Å². The molecule has 0 aliphatic carbocycles. The van der Waals surface area contributed by atoms with E-state index < -0.39 is 24.3 Å². The van der Waals surface area contributed by atoms with Crippen molar-refractivity contribution in [1.29, 1.82) is 0 Å². The van der Waals surface area contributed by atoms with Gasteiger partial charge in [0.25, 0.3) is 5.91 Å². The Morgan fingerprint density at radius 2 is 1.42 bits per heavy atom. The highest BCUT2D eigenvalue weighted by atomic mass is 16.3. The molecule has 2 atom stereocenters. The normalized spacial score (nSPS) is 11.9. The number of carbonyl (C=O) groups is 3. The number of benzene rings is 3. The molecule has 7 nitrogen and oxygen atoms in total. The molecule has 3 aromatic carbocycles. The lowest BCUT2D eigenvalue weighted by molar-refractivity contribution is -0.124. The second-order valence-corrected chi connectivity index (χ2v) is 8.16. The van der Waals surface area contributed by atoms with Crippen molar-refractivity contribution in [2.45, 2.75) is 19.0 Å². The van der Waals surface area contributed by atoms with Gasteiger partial charge in [-0.1, -0.05) is 60.4 Å². The summed E-state index contributed by atoms with van der Waals surface area (Å²) in [6.07, 6.45) is 0. The molecule has 0 aromatic heterocycles. The summed E-state index contributed by atoms with van der Waals surface area (Å²) in [6, 6.07) is 24.8. The first-order valence-corrected chi connectivity index (χ1v) is 11.6. The molecule has 0 bridgehead atoms. The molecule has 184 valence electrons. The number of aliphatic hydroxyl groups excluding tert-OH is 1. The standard InChI is InChI=1S/C29H29N3O4/c1-21(24-10-6-3-7-11-24)30-19-28(35)31-18-26(27(34)20-33)32-29(36)25-16-14-23(15-17-25)13-12-22-8-4-2-5-9-22/h2-11,14-17,21,26,30,33H,18-20H2,1H3,(H,31,35)(H,32,36)/t21-,26-/m0/s1. The molecule has 0 saturated carbocycles. The van der Waals surface area contributed by atoms with Gasteiger partial charge in [-0.25, -0.2) is 0 Å². The molecule has 36 heavy (non-hydrogen) atoms. The lowest BCUT2D eigenvalue weighted by atomic mass is 10.1. The van der Waals surface area contributed by atoms with Crippen molar-refractivity contribution in [1.82, 2.24) is 16.0 Å². The summed E-state index contributed by atoms with van der Waals surface area (Å²) in [4.78, 5) is 37.1. The van der Waals surface area contributed by atoms with Gasteiger partial charge in [-0.15, -0.1) is 0 Å². The smallest absolute Gasteiger partial charge is 0.251 e. The van der Waals surface area contributed by atoms with Gasteiger partial charge in [-0.05, 0) is 48.9 Å². The van der Waals surface area contributed by atoms with Gasteiger partial charge >= 0.3 is 0 Å². The van der Waals surface area contributed by atoms with Crippen LogP contribution in [0.4, 0.5) is 0 Å². The van der Waals surface area contributed by atoms with Crippen LogP contribution in [-0.4, -0.2) is 48.4 Å². The monoisotopic (exact) mass is 483 g/mol. The molecule has 0 heterocycles. The van der Waals surface area contributed by atoms with Crippen molar-refractivity contribution in [3.8, 4) is 11.8 Å².